The van der Waals surface area contributed by atoms with E-state index in [9.17, 15) is 9.90 Å². The van der Waals surface area contributed by atoms with Crippen LogP contribution < -0.4 is 0 Å². The van der Waals surface area contributed by atoms with E-state index < -0.39 is 0 Å². The SMILES string of the molecule is CC(O)CN1CCN(C(=O)CCc2nccs2)CC1. The van der Waals surface area contributed by atoms with Crippen LogP contribution in [-0.2, 0) is 11.2 Å². The van der Waals surface area contributed by atoms with E-state index in [-0.39, 0.29) is 12.0 Å². The number of thiazole rings is 1. The van der Waals surface area contributed by atoms with Crippen LogP contribution >= 0.6 is 11.3 Å². The summed E-state index contributed by atoms with van der Waals surface area (Å²) >= 11 is 1.60. The third kappa shape index (κ3) is 4.56. The van der Waals surface area contributed by atoms with Gasteiger partial charge in [0.15, 0.2) is 0 Å². The minimum absolute atomic E-state index is 0.215. The average molecular weight is 283 g/mol. The van der Waals surface area contributed by atoms with Gasteiger partial charge >= 0.3 is 0 Å². The predicted molar refractivity (Wildman–Crippen MR) is 75.1 cm³/mol. The molecule has 0 bridgehead atoms. The van der Waals surface area contributed by atoms with Crippen LogP contribution in [0.5, 0.6) is 0 Å². The number of nitrogens with zero attached hydrogens (tertiary/aromatic N) is 3. The molecule has 19 heavy (non-hydrogen) atoms. The quantitative estimate of drug-likeness (QED) is 0.860. The molecule has 2 heterocycles. The molecule has 2 rings (SSSR count). The van der Waals surface area contributed by atoms with Crippen molar-refractivity contribution in [3.05, 3.63) is 16.6 Å². The molecule has 0 aromatic carbocycles. The van der Waals surface area contributed by atoms with E-state index in [0.29, 0.717) is 13.0 Å². The van der Waals surface area contributed by atoms with E-state index >= 15 is 0 Å². The zero-order valence-electron chi connectivity index (χ0n) is 11.3. The summed E-state index contributed by atoms with van der Waals surface area (Å²) < 4.78 is 0. The van der Waals surface area contributed by atoms with Crippen LogP contribution in [-0.4, -0.2) is 64.6 Å². The molecular formula is C13H21N3O2S. The Morgan fingerprint density at radius 1 is 1.47 bits per heavy atom. The molecule has 1 atom stereocenters. The first kappa shape index (κ1) is 14.4. The van der Waals surface area contributed by atoms with Gasteiger partial charge in [0.05, 0.1) is 11.1 Å². The predicted octanol–water partition coefficient (Wildman–Crippen LogP) is 0.601. The third-order valence-corrected chi connectivity index (χ3v) is 4.12. The molecule has 6 heteroatoms. The Hall–Kier alpha value is -0.980. The molecule has 1 unspecified atom stereocenters. The van der Waals surface area contributed by atoms with Gasteiger partial charge < -0.3 is 10.0 Å². The van der Waals surface area contributed by atoms with Crippen molar-refractivity contribution in [1.29, 1.82) is 0 Å². The van der Waals surface area contributed by atoms with Gasteiger partial charge in [-0.25, -0.2) is 4.98 Å². The summed E-state index contributed by atoms with van der Waals surface area (Å²) in [5.41, 5.74) is 0. The summed E-state index contributed by atoms with van der Waals surface area (Å²) in [5, 5.41) is 12.3. The number of aliphatic hydroxyl groups is 1. The molecule has 1 saturated heterocycles. The molecule has 1 aliphatic heterocycles. The van der Waals surface area contributed by atoms with Gasteiger partial charge in [0, 0.05) is 57.1 Å². The van der Waals surface area contributed by atoms with Crippen molar-refractivity contribution in [2.75, 3.05) is 32.7 Å². The maximum Gasteiger partial charge on any atom is 0.223 e. The fourth-order valence-electron chi connectivity index (χ4n) is 2.30. The van der Waals surface area contributed by atoms with Gasteiger partial charge in [-0.05, 0) is 6.92 Å². The zero-order valence-corrected chi connectivity index (χ0v) is 12.1. The number of amides is 1. The Balaban J connectivity index is 1.70. The molecule has 5 nitrogen and oxygen atoms in total. The van der Waals surface area contributed by atoms with Crippen LogP contribution in [0.2, 0.25) is 0 Å². The van der Waals surface area contributed by atoms with E-state index in [4.69, 9.17) is 0 Å². The van der Waals surface area contributed by atoms with Crippen molar-refractivity contribution in [1.82, 2.24) is 14.8 Å². The number of hydrogen-bond acceptors (Lipinski definition) is 5. The maximum absolute atomic E-state index is 12.1. The number of piperazine rings is 1. The van der Waals surface area contributed by atoms with Crippen LogP contribution in [0.4, 0.5) is 0 Å². The van der Waals surface area contributed by atoms with Gasteiger partial charge in [-0.3, -0.25) is 9.69 Å². The Bertz CT molecular complexity index is 387. The van der Waals surface area contributed by atoms with Crippen LogP contribution in [0.25, 0.3) is 0 Å². The van der Waals surface area contributed by atoms with Gasteiger partial charge in [0.25, 0.3) is 0 Å². The zero-order chi connectivity index (χ0) is 13.7. The largest absolute Gasteiger partial charge is 0.392 e. The summed E-state index contributed by atoms with van der Waals surface area (Å²) in [5.74, 6) is 0.215. The van der Waals surface area contributed by atoms with Gasteiger partial charge in [-0.15, -0.1) is 11.3 Å². The minimum atomic E-state index is -0.299. The minimum Gasteiger partial charge on any atom is -0.392 e. The van der Waals surface area contributed by atoms with Crippen LogP contribution in [0.1, 0.15) is 18.4 Å². The topological polar surface area (TPSA) is 56.7 Å². The number of rotatable bonds is 5. The van der Waals surface area contributed by atoms with E-state index in [1.54, 1.807) is 24.5 Å². The molecule has 1 fully saturated rings. The number of aliphatic hydroxyl groups excluding tert-OH is 1. The monoisotopic (exact) mass is 283 g/mol. The summed E-state index contributed by atoms with van der Waals surface area (Å²) in [6, 6.07) is 0. The Morgan fingerprint density at radius 2 is 2.21 bits per heavy atom. The highest BCUT2D eigenvalue weighted by molar-refractivity contribution is 7.09. The highest BCUT2D eigenvalue weighted by atomic mass is 32.1. The van der Waals surface area contributed by atoms with E-state index in [0.717, 1.165) is 37.6 Å². The fraction of sp³-hybridized carbons (Fsp3) is 0.692. The van der Waals surface area contributed by atoms with E-state index in [2.05, 4.69) is 9.88 Å². The lowest BCUT2D eigenvalue weighted by molar-refractivity contribution is -0.133. The molecule has 106 valence electrons. The number of hydrogen-bond donors (Lipinski definition) is 1. The number of carbonyl (C=O) groups excluding carboxylic acids is 1. The first-order valence-corrected chi connectivity index (χ1v) is 7.59. The number of β-amino-alcohol motifs (C(OH)–C–C–N with tert-alkyl or cyclic N) is 1. The molecule has 1 aliphatic rings. The van der Waals surface area contributed by atoms with E-state index in [1.165, 1.54) is 0 Å². The molecule has 0 saturated carbocycles. The average Bonchev–Trinajstić information content (AvgIpc) is 2.89. The fourth-order valence-corrected chi connectivity index (χ4v) is 2.92. The standard InChI is InChI=1S/C13H21N3O2S/c1-11(17)10-15-5-7-16(8-6-15)13(18)3-2-12-14-4-9-19-12/h4,9,11,17H,2-3,5-8,10H2,1H3. The number of aromatic nitrogens is 1. The van der Waals surface area contributed by atoms with Gasteiger partial charge in [0.2, 0.25) is 5.91 Å². The molecule has 1 aromatic rings. The first-order valence-electron chi connectivity index (χ1n) is 6.71. The van der Waals surface area contributed by atoms with Gasteiger partial charge in [-0.1, -0.05) is 0 Å². The highest BCUT2D eigenvalue weighted by Gasteiger charge is 2.21. The summed E-state index contributed by atoms with van der Waals surface area (Å²) in [4.78, 5) is 20.4. The Kier molecular flexibility index (Phi) is 5.30. The molecule has 1 aromatic heterocycles. The van der Waals surface area contributed by atoms with Gasteiger partial charge in [0.1, 0.15) is 0 Å². The lowest BCUT2D eigenvalue weighted by Gasteiger charge is -2.35. The van der Waals surface area contributed by atoms with Crippen molar-refractivity contribution < 1.29 is 9.90 Å². The van der Waals surface area contributed by atoms with Crippen molar-refractivity contribution in [2.45, 2.75) is 25.9 Å². The maximum atomic E-state index is 12.1. The molecule has 1 amide bonds. The van der Waals surface area contributed by atoms with Gasteiger partial charge in [-0.2, -0.15) is 0 Å². The Labute approximate surface area is 117 Å². The second-order valence-electron chi connectivity index (χ2n) is 4.96. The van der Waals surface area contributed by atoms with Crippen LogP contribution in [0.15, 0.2) is 11.6 Å². The normalized spacial score (nSPS) is 18.5. The first-order chi connectivity index (χ1) is 9.15. The second kappa shape index (κ2) is 6.98. The van der Waals surface area contributed by atoms with Crippen LogP contribution in [0, 0.1) is 0 Å². The molecule has 1 N–H and O–H groups in total. The van der Waals surface area contributed by atoms with Crippen molar-refractivity contribution in [3.8, 4) is 0 Å². The third-order valence-electron chi connectivity index (χ3n) is 3.28. The summed E-state index contributed by atoms with van der Waals surface area (Å²) in [7, 11) is 0. The molecule has 0 spiro atoms. The summed E-state index contributed by atoms with van der Waals surface area (Å²) in [6.07, 6.45) is 2.76. The number of carbonyl (C=O) groups is 1. The molecular weight excluding hydrogens is 262 g/mol. The lowest BCUT2D eigenvalue weighted by atomic mass is 10.2. The summed E-state index contributed by atoms with van der Waals surface area (Å²) in [6.45, 7) is 5.74. The highest BCUT2D eigenvalue weighted by Crippen LogP contribution is 2.10. The number of aryl methyl sites for hydroxylation is 1. The van der Waals surface area contributed by atoms with E-state index in [1.807, 2.05) is 10.3 Å². The second-order valence-corrected chi connectivity index (χ2v) is 5.94. The van der Waals surface area contributed by atoms with Crippen molar-refractivity contribution in [2.24, 2.45) is 0 Å². The molecule has 0 aliphatic carbocycles. The Morgan fingerprint density at radius 3 is 2.79 bits per heavy atom. The van der Waals surface area contributed by atoms with Crippen molar-refractivity contribution >= 4 is 17.2 Å². The lowest BCUT2D eigenvalue weighted by Crippen LogP contribution is -2.50. The molecule has 0 radical (unpaired) electrons. The van der Waals surface area contributed by atoms with Crippen molar-refractivity contribution in [3.63, 3.8) is 0 Å². The smallest absolute Gasteiger partial charge is 0.223 e. The van der Waals surface area contributed by atoms with Crippen LogP contribution in [0.3, 0.4) is 0 Å².